The first-order valence-electron chi connectivity index (χ1n) is 7.70. The Hall–Kier alpha value is -2.53. The van der Waals surface area contributed by atoms with Gasteiger partial charge in [0.2, 0.25) is 0 Å². The molecule has 5 nitrogen and oxygen atoms in total. The number of nitrogens with one attached hydrogen (secondary N) is 2. The number of carbonyl (C=O) groups is 1. The molecule has 1 heterocycles. The maximum Gasteiger partial charge on any atom is 0.304 e. The number of aromatic amines is 1. The number of H-pyrrole nitrogens is 1. The maximum absolute atomic E-state index is 11.2. The van der Waals surface area contributed by atoms with Crippen molar-refractivity contribution in [3.8, 4) is 0 Å². The van der Waals surface area contributed by atoms with Crippen molar-refractivity contribution in [2.75, 3.05) is 11.9 Å². The van der Waals surface area contributed by atoms with Crippen LogP contribution in [0.2, 0.25) is 5.02 Å². The Morgan fingerprint density at radius 2 is 2.08 bits per heavy atom. The van der Waals surface area contributed by atoms with Crippen LogP contribution >= 0.6 is 11.6 Å². The molecular weight excluding hydrogens is 326 g/mol. The number of carboxylic acids is 1. The van der Waals surface area contributed by atoms with E-state index in [0.29, 0.717) is 17.4 Å². The van der Waals surface area contributed by atoms with E-state index in [9.17, 15) is 9.90 Å². The molecule has 3 rings (SSSR count). The van der Waals surface area contributed by atoms with E-state index in [1.165, 1.54) is 0 Å². The van der Waals surface area contributed by atoms with Gasteiger partial charge in [-0.05, 0) is 36.8 Å². The fourth-order valence-electron chi connectivity index (χ4n) is 2.67. The van der Waals surface area contributed by atoms with Gasteiger partial charge < -0.3 is 15.4 Å². The summed E-state index contributed by atoms with van der Waals surface area (Å²) in [7, 11) is 0. The predicted octanol–water partition coefficient (Wildman–Crippen LogP) is 4.20. The van der Waals surface area contributed by atoms with Crippen LogP contribution in [0.4, 0.5) is 5.69 Å². The zero-order valence-electron chi connectivity index (χ0n) is 13.2. The van der Waals surface area contributed by atoms with Gasteiger partial charge in [0.15, 0.2) is 0 Å². The monoisotopic (exact) mass is 343 g/mol. The lowest BCUT2D eigenvalue weighted by Crippen LogP contribution is -2.18. The summed E-state index contributed by atoms with van der Waals surface area (Å²) < 4.78 is 0. The molecule has 0 unspecified atom stereocenters. The number of aliphatic carboxylic acids is 1. The number of para-hydroxylation sites is 2. The SMILES string of the molecule is Cc1c(Cl)cccc1NC[C@@H](CC(=O)O)c1nc2ccccc2[nH]1. The number of halogens is 1. The third-order valence-electron chi connectivity index (χ3n) is 4.02. The lowest BCUT2D eigenvalue weighted by atomic mass is 10.0. The number of hydrogen-bond donors (Lipinski definition) is 3. The van der Waals surface area contributed by atoms with E-state index in [1.54, 1.807) is 0 Å². The minimum Gasteiger partial charge on any atom is -0.481 e. The van der Waals surface area contributed by atoms with Gasteiger partial charge in [0.1, 0.15) is 5.82 Å². The van der Waals surface area contributed by atoms with Gasteiger partial charge in [-0.25, -0.2) is 4.98 Å². The maximum atomic E-state index is 11.2. The first kappa shape index (κ1) is 16.3. The van der Waals surface area contributed by atoms with E-state index in [4.69, 9.17) is 11.6 Å². The van der Waals surface area contributed by atoms with Gasteiger partial charge in [0, 0.05) is 23.2 Å². The Bertz CT molecular complexity index is 843. The number of carboxylic acid groups (broad SMARTS) is 1. The first-order chi connectivity index (χ1) is 11.5. The van der Waals surface area contributed by atoms with Gasteiger partial charge >= 0.3 is 5.97 Å². The molecule has 0 fully saturated rings. The van der Waals surface area contributed by atoms with E-state index in [0.717, 1.165) is 22.3 Å². The van der Waals surface area contributed by atoms with Crippen LogP contribution in [-0.2, 0) is 4.79 Å². The number of aromatic nitrogens is 2. The highest BCUT2D eigenvalue weighted by atomic mass is 35.5. The van der Waals surface area contributed by atoms with Crippen molar-refractivity contribution < 1.29 is 9.90 Å². The lowest BCUT2D eigenvalue weighted by Gasteiger charge is -2.16. The molecule has 0 saturated heterocycles. The summed E-state index contributed by atoms with van der Waals surface area (Å²) in [5, 5.41) is 13.2. The van der Waals surface area contributed by atoms with Gasteiger partial charge in [-0.15, -0.1) is 0 Å². The number of hydrogen-bond acceptors (Lipinski definition) is 3. The lowest BCUT2D eigenvalue weighted by molar-refractivity contribution is -0.137. The van der Waals surface area contributed by atoms with E-state index in [1.807, 2.05) is 49.4 Å². The Morgan fingerprint density at radius 3 is 2.83 bits per heavy atom. The fourth-order valence-corrected chi connectivity index (χ4v) is 2.85. The Labute approximate surface area is 144 Å². The summed E-state index contributed by atoms with van der Waals surface area (Å²) in [5.74, 6) is -0.455. The average molecular weight is 344 g/mol. The van der Waals surface area contributed by atoms with Gasteiger partial charge in [0.25, 0.3) is 0 Å². The molecule has 0 aliphatic rings. The summed E-state index contributed by atoms with van der Waals surface area (Å²) in [5.41, 5.74) is 3.58. The number of imidazole rings is 1. The molecule has 0 bridgehead atoms. The summed E-state index contributed by atoms with van der Waals surface area (Å²) >= 11 is 6.13. The molecule has 1 aromatic heterocycles. The molecule has 0 saturated carbocycles. The van der Waals surface area contributed by atoms with Crippen LogP contribution in [0.3, 0.4) is 0 Å². The zero-order valence-corrected chi connectivity index (χ0v) is 14.0. The fraction of sp³-hybridized carbons (Fsp3) is 0.222. The summed E-state index contributed by atoms with van der Waals surface area (Å²) in [6, 6.07) is 13.3. The topological polar surface area (TPSA) is 78.0 Å². The van der Waals surface area contributed by atoms with E-state index >= 15 is 0 Å². The first-order valence-corrected chi connectivity index (χ1v) is 8.08. The number of fused-ring (bicyclic) bond motifs is 1. The molecular formula is C18H18ClN3O2. The molecule has 0 radical (unpaired) electrons. The van der Waals surface area contributed by atoms with Crippen molar-refractivity contribution in [3.63, 3.8) is 0 Å². The van der Waals surface area contributed by atoms with Crippen molar-refractivity contribution in [2.45, 2.75) is 19.3 Å². The highest BCUT2D eigenvalue weighted by Gasteiger charge is 2.19. The van der Waals surface area contributed by atoms with E-state index in [-0.39, 0.29) is 12.3 Å². The molecule has 24 heavy (non-hydrogen) atoms. The molecule has 6 heteroatoms. The summed E-state index contributed by atoms with van der Waals surface area (Å²) in [6.45, 7) is 2.38. The molecule has 3 aromatic rings. The third-order valence-corrected chi connectivity index (χ3v) is 4.43. The largest absolute Gasteiger partial charge is 0.481 e. The normalized spacial score (nSPS) is 12.2. The smallest absolute Gasteiger partial charge is 0.304 e. The third kappa shape index (κ3) is 3.51. The van der Waals surface area contributed by atoms with Crippen molar-refractivity contribution in [2.24, 2.45) is 0 Å². The minimum atomic E-state index is -0.856. The Kier molecular flexibility index (Phi) is 4.71. The molecule has 0 aliphatic carbocycles. The quantitative estimate of drug-likeness (QED) is 0.627. The van der Waals surface area contributed by atoms with E-state index in [2.05, 4.69) is 15.3 Å². The van der Waals surface area contributed by atoms with Crippen molar-refractivity contribution >= 4 is 34.3 Å². The number of anilines is 1. The van der Waals surface area contributed by atoms with Crippen LogP contribution in [-0.4, -0.2) is 27.6 Å². The van der Waals surface area contributed by atoms with Crippen LogP contribution < -0.4 is 5.32 Å². The van der Waals surface area contributed by atoms with Gasteiger partial charge in [-0.2, -0.15) is 0 Å². The highest BCUT2D eigenvalue weighted by Crippen LogP contribution is 2.25. The zero-order chi connectivity index (χ0) is 17.1. The average Bonchev–Trinajstić information content (AvgIpc) is 2.98. The highest BCUT2D eigenvalue weighted by molar-refractivity contribution is 6.31. The summed E-state index contributed by atoms with van der Waals surface area (Å²) in [6.07, 6.45) is -0.00750. The Balaban J connectivity index is 1.83. The molecule has 0 spiro atoms. The van der Waals surface area contributed by atoms with Gasteiger partial charge in [-0.3, -0.25) is 4.79 Å². The standard InChI is InChI=1S/C18H18ClN3O2/c1-11-13(19)5-4-8-14(11)20-10-12(9-17(23)24)18-21-15-6-2-3-7-16(15)22-18/h2-8,12,20H,9-10H2,1H3,(H,21,22)(H,23,24)/t12-/m1/s1. The number of benzene rings is 2. The van der Waals surface area contributed by atoms with Crippen LogP contribution in [0.15, 0.2) is 42.5 Å². The van der Waals surface area contributed by atoms with Crippen LogP contribution in [0.25, 0.3) is 11.0 Å². The van der Waals surface area contributed by atoms with Crippen molar-refractivity contribution in [3.05, 3.63) is 58.9 Å². The van der Waals surface area contributed by atoms with Crippen molar-refractivity contribution in [1.29, 1.82) is 0 Å². The second kappa shape index (κ2) is 6.93. The minimum absolute atomic E-state index is 0.00750. The number of rotatable bonds is 6. The van der Waals surface area contributed by atoms with Gasteiger partial charge in [-0.1, -0.05) is 29.8 Å². The second-order valence-electron chi connectivity index (χ2n) is 5.73. The van der Waals surface area contributed by atoms with E-state index < -0.39 is 5.97 Å². The molecule has 0 aliphatic heterocycles. The molecule has 2 aromatic carbocycles. The van der Waals surface area contributed by atoms with Crippen LogP contribution in [0.1, 0.15) is 23.7 Å². The molecule has 3 N–H and O–H groups in total. The summed E-state index contributed by atoms with van der Waals surface area (Å²) in [4.78, 5) is 19.0. The molecule has 0 amide bonds. The molecule has 124 valence electrons. The van der Waals surface area contributed by atoms with Crippen molar-refractivity contribution in [1.82, 2.24) is 9.97 Å². The van der Waals surface area contributed by atoms with Crippen LogP contribution in [0.5, 0.6) is 0 Å². The van der Waals surface area contributed by atoms with Gasteiger partial charge in [0.05, 0.1) is 17.5 Å². The second-order valence-corrected chi connectivity index (χ2v) is 6.13. The Morgan fingerprint density at radius 1 is 1.29 bits per heavy atom. The molecule has 1 atom stereocenters. The number of nitrogens with zero attached hydrogens (tertiary/aromatic N) is 1. The predicted molar refractivity (Wildman–Crippen MR) is 95.8 cm³/mol. The van der Waals surface area contributed by atoms with Crippen LogP contribution in [0, 0.1) is 6.92 Å².